The number of hydrogen-bond acceptors (Lipinski definition) is 2. The third kappa shape index (κ3) is 5.08. The molecule has 5 heteroatoms. The zero-order valence-electron chi connectivity index (χ0n) is 11.8. The fourth-order valence-corrected chi connectivity index (χ4v) is 3.43. The normalized spacial score (nSPS) is 11.1. The Bertz CT molecular complexity index is 629. The van der Waals surface area contributed by atoms with Gasteiger partial charge in [0.2, 0.25) is 0 Å². The monoisotopic (exact) mass is 359 g/mol. The lowest BCUT2D eigenvalue weighted by molar-refractivity contribution is 0.589. The highest BCUT2D eigenvalue weighted by molar-refractivity contribution is 7.99. The van der Waals surface area contributed by atoms with E-state index in [-0.39, 0.29) is 0 Å². The molecule has 0 aromatic heterocycles. The SMILES string of the molecule is CC(C)NCc1ccc(Sc2cc(Cl)ccc2Cl)cc1Cl. The first-order chi connectivity index (χ1) is 9.95. The molecule has 21 heavy (non-hydrogen) atoms. The van der Waals surface area contributed by atoms with Crippen molar-refractivity contribution in [3.8, 4) is 0 Å². The van der Waals surface area contributed by atoms with E-state index < -0.39 is 0 Å². The number of nitrogens with one attached hydrogen (secondary N) is 1. The van der Waals surface area contributed by atoms with E-state index in [1.165, 1.54) is 0 Å². The topological polar surface area (TPSA) is 12.0 Å². The van der Waals surface area contributed by atoms with Crippen molar-refractivity contribution in [1.29, 1.82) is 0 Å². The fourth-order valence-electron chi connectivity index (χ4n) is 1.73. The zero-order chi connectivity index (χ0) is 15.4. The molecule has 0 amide bonds. The fraction of sp³-hybridized carbons (Fsp3) is 0.250. The van der Waals surface area contributed by atoms with Gasteiger partial charge in [-0.2, -0.15) is 0 Å². The Morgan fingerprint density at radius 2 is 1.76 bits per heavy atom. The Morgan fingerprint density at radius 3 is 2.43 bits per heavy atom. The quantitative estimate of drug-likeness (QED) is 0.672. The van der Waals surface area contributed by atoms with Gasteiger partial charge in [-0.25, -0.2) is 0 Å². The Morgan fingerprint density at radius 1 is 1.00 bits per heavy atom. The van der Waals surface area contributed by atoms with E-state index in [9.17, 15) is 0 Å². The van der Waals surface area contributed by atoms with Gasteiger partial charge in [0.15, 0.2) is 0 Å². The van der Waals surface area contributed by atoms with Gasteiger partial charge in [-0.1, -0.05) is 66.5 Å². The van der Waals surface area contributed by atoms with Crippen LogP contribution in [0.5, 0.6) is 0 Å². The first-order valence-electron chi connectivity index (χ1n) is 6.60. The van der Waals surface area contributed by atoms with Crippen molar-refractivity contribution < 1.29 is 0 Å². The zero-order valence-corrected chi connectivity index (χ0v) is 14.9. The van der Waals surface area contributed by atoms with Crippen molar-refractivity contribution in [2.24, 2.45) is 0 Å². The van der Waals surface area contributed by atoms with Crippen molar-refractivity contribution >= 4 is 46.6 Å². The van der Waals surface area contributed by atoms with E-state index in [2.05, 4.69) is 19.2 Å². The molecule has 2 aromatic rings. The van der Waals surface area contributed by atoms with Gasteiger partial charge in [-0.3, -0.25) is 0 Å². The molecule has 0 saturated heterocycles. The molecule has 0 aliphatic carbocycles. The largest absolute Gasteiger partial charge is 0.310 e. The summed E-state index contributed by atoms with van der Waals surface area (Å²) in [5.74, 6) is 0. The number of benzene rings is 2. The molecular formula is C16H16Cl3NS. The van der Waals surface area contributed by atoms with Gasteiger partial charge < -0.3 is 5.32 Å². The summed E-state index contributed by atoms with van der Waals surface area (Å²) >= 11 is 20.1. The molecule has 0 unspecified atom stereocenters. The molecule has 112 valence electrons. The highest BCUT2D eigenvalue weighted by Crippen LogP contribution is 2.36. The van der Waals surface area contributed by atoms with Crippen molar-refractivity contribution in [2.45, 2.75) is 36.2 Å². The van der Waals surface area contributed by atoms with Crippen LogP contribution in [0.4, 0.5) is 0 Å². The van der Waals surface area contributed by atoms with Crippen LogP contribution < -0.4 is 5.32 Å². The van der Waals surface area contributed by atoms with Crippen LogP contribution in [-0.2, 0) is 6.54 Å². The minimum Gasteiger partial charge on any atom is -0.310 e. The van der Waals surface area contributed by atoms with E-state index >= 15 is 0 Å². The summed E-state index contributed by atoms with van der Waals surface area (Å²) in [7, 11) is 0. The van der Waals surface area contributed by atoms with Crippen LogP contribution in [-0.4, -0.2) is 6.04 Å². The molecule has 0 bridgehead atoms. The predicted molar refractivity (Wildman–Crippen MR) is 94.0 cm³/mol. The minimum absolute atomic E-state index is 0.431. The lowest BCUT2D eigenvalue weighted by Gasteiger charge is -2.11. The second kappa shape index (κ2) is 7.75. The molecule has 0 fully saturated rings. The second-order valence-corrected chi connectivity index (χ2v) is 7.33. The predicted octanol–water partition coefficient (Wildman–Crippen LogP) is 6.30. The molecular weight excluding hydrogens is 345 g/mol. The van der Waals surface area contributed by atoms with Crippen LogP contribution in [0.15, 0.2) is 46.2 Å². The van der Waals surface area contributed by atoms with Crippen molar-refractivity contribution in [3.05, 3.63) is 57.0 Å². The molecule has 0 atom stereocenters. The molecule has 0 radical (unpaired) electrons. The van der Waals surface area contributed by atoms with Gasteiger partial charge in [0, 0.05) is 32.4 Å². The summed E-state index contributed by atoms with van der Waals surface area (Å²) in [6, 6.07) is 11.9. The summed E-state index contributed by atoms with van der Waals surface area (Å²) < 4.78 is 0. The minimum atomic E-state index is 0.431. The van der Waals surface area contributed by atoms with Gasteiger partial charge in [-0.05, 0) is 35.9 Å². The van der Waals surface area contributed by atoms with E-state index in [4.69, 9.17) is 34.8 Å². The first kappa shape index (κ1) is 17.0. The molecule has 0 aliphatic rings. The molecule has 0 heterocycles. The smallest absolute Gasteiger partial charge is 0.0546 e. The van der Waals surface area contributed by atoms with Crippen LogP contribution in [0, 0.1) is 0 Å². The van der Waals surface area contributed by atoms with Gasteiger partial charge in [-0.15, -0.1) is 0 Å². The summed E-state index contributed by atoms with van der Waals surface area (Å²) in [4.78, 5) is 1.96. The Kier molecular flexibility index (Phi) is 6.27. The van der Waals surface area contributed by atoms with Gasteiger partial charge in [0.05, 0.1) is 5.02 Å². The maximum absolute atomic E-state index is 6.34. The van der Waals surface area contributed by atoms with Crippen LogP contribution in [0.3, 0.4) is 0 Å². The molecule has 0 aliphatic heterocycles. The summed E-state index contributed by atoms with van der Waals surface area (Å²) in [6.45, 7) is 4.98. The van der Waals surface area contributed by atoms with Gasteiger partial charge in [0.1, 0.15) is 0 Å². The van der Waals surface area contributed by atoms with Crippen molar-refractivity contribution in [2.75, 3.05) is 0 Å². The average Bonchev–Trinajstić information content (AvgIpc) is 2.42. The van der Waals surface area contributed by atoms with Crippen molar-refractivity contribution in [3.63, 3.8) is 0 Å². The van der Waals surface area contributed by atoms with E-state index in [1.807, 2.05) is 24.3 Å². The van der Waals surface area contributed by atoms with Crippen LogP contribution in [0.25, 0.3) is 0 Å². The van der Waals surface area contributed by atoms with Crippen LogP contribution in [0.1, 0.15) is 19.4 Å². The molecule has 0 spiro atoms. The van der Waals surface area contributed by atoms with E-state index in [0.717, 1.165) is 26.9 Å². The Labute approximate surface area is 145 Å². The number of hydrogen-bond donors (Lipinski definition) is 1. The van der Waals surface area contributed by atoms with Gasteiger partial charge >= 0.3 is 0 Å². The third-order valence-corrected chi connectivity index (χ3v) is 4.92. The molecule has 2 aromatic carbocycles. The third-order valence-electron chi connectivity index (χ3n) is 2.85. The molecule has 0 saturated carbocycles. The Balaban J connectivity index is 2.14. The average molecular weight is 361 g/mol. The summed E-state index contributed by atoms with van der Waals surface area (Å²) in [5.41, 5.74) is 1.09. The highest BCUT2D eigenvalue weighted by Gasteiger charge is 2.07. The van der Waals surface area contributed by atoms with E-state index in [0.29, 0.717) is 16.1 Å². The van der Waals surface area contributed by atoms with Crippen LogP contribution in [0.2, 0.25) is 15.1 Å². The lowest BCUT2D eigenvalue weighted by atomic mass is 10.2. The maximum atomic E-state index is 6.34. The first-order valence-corrected chi connectivity index (χ1v) is 8.55. The van der Waals surface area contributed by atoms with Crippen LogP contribution >= 0.6 is 46.6 Å². The van der Waals surface area contributed by atoms with Crippen molar-refractivity contribution in [1.82, 2.24) is 5.32 Å². The number of halogens is 3. The van der Waals surface area contributed by atoms with E-state index in [1.54, 1.807) is 23.9 Å². The highest BCUT2D eigenvalue weighted by atomic mass is 35.5. The summed E-state index contributed by atoms with van der Waals surface area (Å²) in [6.07, 6.45) is 0. The molecule has 1 N–H and O–H groups in total. The Hall–Kier alpha value is -0.380. The van der Waals surface area contributed by atoms with Gasteiger partial charge in [0.25, 0.3) is 0 Å². The number of rotatable bonds is 5. The standard InChI is InChI=1S/C16H16Cl3NS/c1-10(2)20-9-11-3-5-13(8-15(11)19)21-16-7-12(17)4-6-14(16)18/h3-8,10,20H,9H2,1-2H3. The lowest BCUT2D eigenvalue weighted by Crippen LogP contribution is -2.21. The summed E-state index contributed by atoms with van der Waals surface area (Å²) in [5, 5.41) is 5.47. The molecule has 2 rings (SSSR count). The second-order valence-electron chi connectivity index (χ2n) is 4.97. The maximum Gasteiger partial charge on any atom is 0.0546 e. The molecule has 1 nitrogen and oxygen atoms in total.